The van der Waals surface area contributed by atoms with Gasteiger partial charge in [-0.25, -0.2) is 4.98 Å². The van der Waals surface area contributed by atoms with Crippen LogP contribution < -0.4 is 5.73 Å². The van der Waals surface area contributed by atoms with E-state index in [-0.39, 0.29) is 0 Å². The average molecular weight is 231 g/mol. The number of rotatable bonds is 2. The monoisotopic (exact) mass is 231 g/mol. The summed E-state index contributed by atoms with van der Waals surface area (Å²) in [5.41, 5.74) is 8.63. The summed E-state index contributed by atoms with van der Waals surface area (Å²) in [6, 6.07) is 5.88. The molecule has 0 amide bonds. The molecule has 2 aromatic rings. The molecular weight excluding hydrogens is 214 g/mol. The zero-order chi connectivity index (χ0) is 11.8. The van der Waals surface area contributed by atoms with E-state index in [2.05, 4.69) is 16.5 Å². The molecular formula is C13H17N3O. The van der Waals surface area contributed by atoms with Gasteiger partial charge < -0.3 is 15.0 Å². The minimum absolute atomic E-state index is 0.348. The Morgan fingerprint density at radius 2 is 2.41 bits per heavy atom. The number of hydrogen-bond donors (Lipinski definition) is 1. The SMILES string of the molecule is CC1OCCC1Cn1cnc2cc(N)ccc21. The van der Waals surface area contributed by atoms with Gasteiger partial charge in [0.15, 0.2) is 0 Å². The maximum Gasteiger partial charge on any atom is 0.0958 e. The fourth-order valence-corrected chi connectivity index (χ4v) is 2.49. The molecule has 0 bridgehead atoms. The number of aromatic nitrogens is 2. The summed E-state index contributed by atoms with van der Waals surface area (Å²) in [6.45, 7) is 4.00. The Balaban J connectivity index is 1.90. The van der Waals surface area contributed by atoms with Crippen LogP contribution in [-0.4, -0.2) is 22.3 Å². The van der Waals surface area contributed by atoms with Gasteiger partial charge in [0.05, 0.1) is 23.5 Å². The van der Waals surface area contributed by atoms with Crippen molar-refractivity contribution >= 4 is 16.7 Å². The first kappa shape index (κ1) is 10.6. The van der Waals surface area contributed by atoms with Crippen LogP contribution in [0.2, 0.25) is 0 Å². The van der Waals surface area contributed by atoms with E-state index in [1.54, 1.807) is 0 Å². The van der Waals surface area contributed by atoms with Gasteiger partial charge in [-0.2, -0.15) is 0 Å². The topological polar surface area (TPSA) is 53.1 Å². The van der Waals surface area contributed by atoms with E-state index in [9.17, 15) is 0 Å². The van der Waals surface area contributed by atoms with Crippen molar-refractivity contribution in [2.24, 2.45) is 5.92 Å². The second kappa shape index (κ2) is 4.04. The van der Waals surface area contributed by atoms with Gasteiger partial charge in [0.25, 0.3) is 0 Å². The maximum atomic E-state index is 5.75. The third-order valence-electron chi connectivity index (χ3n) is 3.61. The number of fused-ring (bicyclic) bond motifs is 1. The molecule has 90 valence electrons. The highest BCUT2D eigenvalue weighted by Gasteiger charge is 2.24. The van der Waals surface area contributed by atoms with Crippen LogP contribution >= 0.6 is 0 Å². The number of ether oxygens (including phenoxy) is 1. The lowest BCUT2D eigenvalue weighted by Gasteiger charge is -2.15. The summed E-state index contributed by atoms with van der Waals surface area (Å²) in [5.74, 6) is 0.588. The molecule has 1 saturated heterocycles. The van der Waals surface area contributed by atoms with E-state index in [4.69, 9.17) is 10.5 Å². The number of benzene rings is 1. The molecule has 3 rings (SSSR count). The zero-order valence-electron chi connectivity index (χ0n) is 9.97. The summed E-state index contributed by atoms with van der Waals surface area (Å²) < 4.78 is 7.79. The van der Waals surface area contributed by atoms with Crippen LogP contribution in [0.5, 0.6) is 0 Å². The van der Waals surface area contributed by atoms with Crippen molar-refractivity contribution in [3.8, 4) is 0 Å². The van der Waals surface area contributed by atoms with E-state index in [0.717, 1.165) is 36.3 Å². The van der Waals surface area contributed by atoms with Gasteiger partial charge in [-0.05, 0) is 31.5 Å². The van der Waals surface area contributed by atoms with Gasteiger partial charge in [-0.3, -0.25) is 0 Å². The molecule has 1 aliphatic heterocycles. The standard InChI is InChI=1S/C13H17N3O/c1-9-10(4-5-17-9)7-16-8-15-12-6-11(14)2-3-13(12)16/h2-3,6,8-10H,4-5,7,14H2,1H3. The predicted octanol–water partition coefficient (Wildman–Crippen LogP) is 2.04. The highest BCUT2D eigenvalue weighted by atomic mass is 16.5. The number of nitrogen functional groups attached to an aromatic ring is 1. The molecule has 4 nitrogen and oxygen atoms in total. The minimum atomic E-state index is 0.348. The van der Waals surface area contributed by atoms with Gasteiger partial charge in [0, 0.05) is 24.8 Å². The summed E-state index contributed by atoms with van der Waals surface area (Å²) in [7, 11) is 0. The van der Waals surface area contributed by atoms with Crippen LogP contribution in [0.4, 0.5) is 5.69 Å². The highest BCUT2D eigenvalue weighted by molar-refractivity contribution is 5.78. The summed E-state index contributed by atoms with van der Waals surface area (Å²) in [4.78, 5) is 4.39. The Labute approximate surface area is 100 Å². The molecule has 0 spiro atoms. The second-order valence-electron chi connectivity index (χ2n) is 4.77. The van der Waals surface area contributed by atoms with Gasteiger partial charge in [0.1, 0.15) is 0 Å². The number of hydrogen-bond acceptors (Lipinski definition) is 3. The quantitative estimate of drug-likeness (QED) is 0.805. The first-order valence-corrected chi connectivity index (χ1v) is 6.06. The largest absolute Gasteiger partial charge is 0.399 e. The Bertz CT molecular complexity index is 534. The molecule has 2 N–H and O–H groups in total. The fraction of sp³-hybridized carbons (Fsp3) is 0.462. The molecule has 2 atom stereocenters. The van der Waals surface area contributed by atoms with Crippen LogP contribution in [0, 0.1) is 5.92 Å². The second-order valence-corrected chi connectivity index (χ2v) is 4.77. The Morgan fingerprint density at radius 3 is 3.18 bits per heavy atom. The van der Waals surface area contributed by atoms with E-state index in [1.807, 2.05) is 24.5 Å². The normalized spacial score (nSPS) is 24.5. The minimum Gasteiger partial charge on any atom is -0.399 e. The lowest BCUT2D eigenvalue weighted by molar-refractivity contribution is 0.102. The Hall–Kier alpha value is -1.55. The molecule has 0 aliphatic carbocycles. The van der Waals surface area contributed by atoms with E-state index in [1.165, 1.54) is 0 Å². The van der Waals surface area contributed by atoms with Crippen LogP contribution in [-0.2, 0) is 11.3 Å². The van der Waals surface area contributed by atoms with E-state index in [0.29, 0.717) is 12.0 Å². The number of nitrogens with zero attached hydrogens (tertiary/aromatic N) is 2. The smallest absolute Gasteiger partial charge is 0.0958 e. The van der Waals surface area contributed by atoms with Crippen molar-refractivity contribution in [1.29, 1.82) is 0 Å². The van der Waals surface area contributed by atoms with E-state index >= 15 is 0 Å². The van der Waals surface area contributed by atoms with Crippen molar-refractivity contribution in [3.05, 3.63) is 24.5 Å². The molecule has 1 aromatic carbocycles. The van der Waals surface area contributed by atoms with Crippen molar-refractivity contribution < 1.29 is 4.74 Å². The van der Waals surface area contributed by atoms with Gasteiger partial charge in [-0.15, -0.1) is 0 Å². The Morgan fingerprint density at radius 1 is 1.53 bits per heavy atom. The molecule has 2 unspecified atom stereocenters. The van der Waals surface area contributed by atoms with Crippen LogP contribution in [0.25, 0.3) is 11.0 Å². The molecule has 1 aliphatic rings. The van der Waals surface area contributed by atoms with Gasteiger partial charge >= 0.3 is 0 Å². The summed E-state index contributed by atoms with van der Waals surface area (Å²) in [5, 5.41) is 0. The lowest BCUT2D eigenvalue weighted by Crippen LogP contribution is -2.17. The number of nitrogens with two attached hydrogens (primary N) is 1. The van der Waals surface area contributed by atoms with Crippen LogP contribution in [0.3, 0.4) is 0 Å². The summed E-state index contributed by atoms with van der Waals surface area (Å²) >= 11 is 0. The first-order valence-electron chi connectivity index (χ1n) is 6.06. The maximum absolute atomic E-state index is 5.75. The predicted molar refractivity (Wildman–Crippen MR) is 67.7 cm³/mol. The van der Waals surface area contributed by atoms with Crippen molar-refractivity contribution in [2.75, 3.05) is 12.3 Å². The highest BCUT2D eigenvalue weighted by Crippen LogP contribution is 2.24. The van der Waals surface area contributed by atoms with Gasteiger partial charge in [-0.1, -0.05) is 0 Å². The lowest BCUT2D eigenvalue weighted by atomic mass is 10.0. The first-order chi connectivity index (χ1) is 8.24. The number of anilines is 1. The van der Waals surface area contributed by atoms with E-state index < -0.39 is 0 Å². The molecule has 4 heteroatoms. The number of imidazole rings is 1. The molecule has 2 heterocycles. The third-order valence-corrected chi connectivity index (χ3v) is 3.61. The molecule has 0 saturated carbocycles. The van der Waals surface area contributed by atoms with Crippen LogP contribution in [0.1, 0.15) is 13.3 Å². The third kappa shape index (κ3) is 1.89. The molecule has 1 aromatic heterocycles. The molecule has 17 heavy (non-hydrogen) atoms. The van der Waals surface area contributed by atoms with Gasteiger partial charge in [0.2, 0.25) is 0 Å². The zero-order valence-corrected chi connectivity index (χ0v) is 9.97. The fourth-order valence-electron chi connectivity index (χ4n) is 2.49. The summed E-state index contributed by atoms with van der Waals surface area (Å²) in [6.07, 6.45) is 3.38. The van der Waals surface area contributed by atoms with Crippen molar-refractivity contribution in [2.45, 2.75) is 26.0 Å². The van der Waals surface area contributed by atoms with Crippen LogP contribution in [0.15, 0.2) is 24.5 Å². The Kier molecular flexibility index (Phi) is 2.52. The molecule has 1 fully saturated rings. The molecule has 0 radical (unpaired) electrons. The van der Waals surface area contributed by atoms with Crippen molar-refractivity contribution in [3.63, 3.8) is 0 Å². The average Bonchev–Trinajstić information content (AvgIpc) is 2.87. The van der Waals surface area contributed by atoms with Crippen molar-refractivity contribution in [1.82, 2.24) is 9.55 Å².